The zero-order valence-electron chi connectivity index (χ0n) is 22.1. The first-order chi connectivity index (χ1) is 18.7. The quantitative estimate of drug-likeness (QED) is 0.0589. The molecule has 0 radical (unpaired) electrons. The Morgan fingerprint density at radius 2 is 1.57 bits per heavy atom. The molecule has 18 nitrogen and oxygen atoms in total. The van der Waals surface area contributed by atoms with E-state index in [1.54, 1.807) is 0 Å². The van der Waals surface area contributed by atoms with Crippen LogP contribution in [0.5, 0.6) is 0 Å². The first-order valence-electron chi connectivity index (χ1n) is 11.6. The monoisotopic (exact) mass is 566 g/mol. The molecule has 2 unspecified atom stereocenters. The Hall–Kier alpha value is -4.85. The molecular weight excluding hydrogens is 532 g/mol. The number of hydrogen-bond donors (Lipinski definition) is 6. The molecule has 2 amide bonds. The number of amides is 2. The summed E-state index contributed by atoms with van der Waals surface area (Å²) >= 11 is 0. The molecule has 1 heterocycles. The summed E-state index contributed by atoms with van der Waals surface area (Å²) < 4.78 is 1.28. The standard InChI is InChI=1S/C11H17N5O4.C6H10N4O2.C5H7NO2/c1-7(17)2-3-13-10(18)6-16-5-8(14-15-16)4-9(12)11(19)20;1-5(11)2-3-8-6(12)4-9-10-7;1-2-3-4(6)5(7)8/h5,9H,2-4,6,12H2,1H3,(H,13,18)(H,19,20);2-4H2,1H3,(H,8,12);1,4H,3,6H2,(H,7,8). The number of hydrogen-bond acceptors (Lipinski definition) is 11. The summed E-state index contributed by atoms with van der Waals surface area (Å²) in [6.07, 6.45) is 6.96. The van der Waals surface area contributed by atoms with E-state index in [0.717, 1.165) is 0 Å². The number of nitrogens with one attached hydrogen (secondary N) is 2. The first-order valence-corrected chi connectivity index (χ1v) is 11.6. The third-order valence-corrected chi connectivity index (χ3v) is 4.17. The average molecular weight is 567 g/mol. The fourth-order valence-corrected chi connectivity index (χ4v) is 2.15. The highest BCUT2D eigenvalue weighted by molar-refractivity contribution is 5.80. The Morgan fingerprint density at radius 3 is 2.00 bits per heavy atom. The number of ketones is 2. The van der Waals surface area contributed by atoms with Gasteiger partial charge in [-0.3, -0.25) is 28.8 Å². The van der Waals surface area contributed by atoms with Gasteiger partial charge in [-0.25, -0.2) is 4.68 Å². The number of terminal acetylenes is 1. The maximum atomic E-state index is 11.5. The molecule has 18 heteroatoms. The van der Waals surface area contributed by atoms with Crippen LogP contribution < -0.4 is 22.1 Å². The molecule has 1 aromatic heterocycles. The molecule has 0 fully saturated rings. The van der Waals surface area contributed by atoms with Crippen molar-refractivity contribution < 1.29 is 39.0 Å². The maximum absolute atomic E-state index is 11.5. The molecule has 0 aliphatic rings. The van der Waals surface area contributed by atoms with Crippen molar-refractivity contribution in [2.24, 2.45) is 16.6 Å². The van der Waals surface area contributed by atoms with E-state index < -0.39 is 24.0 Å². The summed E-state index contributed by atoms with van der Waals surface area (Å²) in [6, 6.07) is -1.95. The summed E-state index contributed by atoms with van der Waals surface area (Å²) in [4.78, 5) is 66.2. The van der Waals surface area contributed by atoms with Crippen LogP contribution in [0.25, 0.3) is 10.4 Å². The number of nitrogens with zero attached hydrogens (tertiary/aromatic N) is 6. The summed E-state index contributed by atoms with van der Waals surface area (Å²) in [7, 11) is 0. The lowest BCUT2D eigenvalue weighted by atomic mass is 10.2. The van der Waals surface area contributed by atoms with Gasteiger partial charge >= 0.3 is 11.9 Å². The fourth-order valence-electron chi connectivity index (χ4n) is 2.15. The highest BCUT2D eigenvalue weighted by atomic mass is 16.4. The van der Waals surface area contributed by atoms with Crippen LogP contribution in [0.2, 0.25) is 0 Å². The van der Waals surface area contributed by atoms with Crippen molar-refractivity contribution in [1.29, 1.82) is 0 Å². The van der Waals surface area contributed by atoms with Gasteiger partial charge in [-0.1, -0.05) is 10.3 Å². The zero-order chi connectivity index (χ0) is 31.1. The van der Waals surface area contributed by atoms with Crippen LogP contribution in [0.3, 0.4) is 0 Å². The van der Waals surface area contributed by atoms with Gasteiger partial charge in [0.15, 0.2) is 0 Å². The van der Waals surface area contributed by atoms with Crippen molar-refractivity contribution in [3.8, 4) is 12.3 Å². The summed E-state index contributed by atoms with van der Waals surface area (Å²) in [5.41, 5.74) is 18.6. The summed E-state index contributed by atoms with van der Waals surface area (Å²) in [5.74, 6) is -0.691. The Morgan fingerprint density at radius 1 is 1.05 bits per heavy atom. The third-order valence-electron chi connectivity index (χ3n) is 4.17. The number of aliphatic carboxylic acids is 2. The van der Waals surface area contributed by atoms with E-state index in [2.05, 4.69) is 36.9 Å². The van der Waals surface area contributed by atoms with Crippen LogP contribution in [-0.4, -0.2) is 92.2 Å². The number of Topliss-reactive ketones (excluding diaryl/α,β-unsaturated/α-hetero) is 2. The van der Waals surface area contributed by atoms with Gasteiger partial charge in [0, 0.05) is 49.9 Å². The fraction of sp³-hybridized carbons (Fsp3) is 0.545. The first kappa shape index (κ1) is 37.3. The van der Waals surface area contributed by atoms with Gasteiger partial charge in [-0.2, -0.15) is 0 Å². The highest BCUT2D eigenvalue weighted by Crippen LogP contribution is 1.98. The van der Waals surface area contributed by atoms with Crippen LogP contribution in [0.4, 0.5) is 0 Å². The number of aromatic nitrogens is 3. The molecule has 0 saturated heterocycles. The van der Waals surface area contributed by atoms with Gasteiger partial charge in [0.1, 0.15) is 36.7 Å². The SMILES string of the molecule is C#CCC(N)C(=O)O.CC(=O)CCNC(=O)CN=[N+]=[N-].CC(=O)CCNC(=O)Cn1cc(CC(N)C(=O)O)nn1. The van der Waals surface area contributed by atoms with Crippen molar-refractivity contribution in [2.45, 2.75) is 58.2 Å². The van der Waals surface area contributed by atoms with E-state index >= 15 is 0 Å². The lowest BCUT2D eigenvalue weighted by molar-refractivity contribution is -0.139. The molecule has 8 N–H and O–H groups in total. The molecule has 220 valence electrons. The van der Waals surface area contributed by atoms with Crippen molar-refractivity contribution >= 4 is 35.3 Å². The highest BCUT2D eigenvalue weighted by Gasteiger charge is 2.15. The number of carbonyl (C=O) groups is 6. The van der Waals surface area contributed by atoms with Crippen LogP contribution in [-0.2, 0) is 41.7 Å². The normalized spacial score (nSPS) is 10.9. The van der Waals surface area contributed by atoms with Gasteiger partial charge in [0.2, 0.25) is 11.8 Å². The number of azide groups is 1. The summed E-state index contributed by atoms with van der Waals surface area (Å²) in [6.45, 7) is 3.21. The van der Waals surface area contributed by atoms with Crippen LogP contribution >= 0.6 is 0 Å². The molecule has 0 bridgehead atoms. The second kappa shape index (κ2) is 22.2. The molecule has 1 rings (SSSR count). The molecule has 0 spiro atoms. The van der Waals surface area contributed by atoms with Crippen LogP contribution in [0, 0.1) is 12.3 Å². The molecule has 0 aliphatic carbocycles. The van der Waals surface area contributed by atoms with Gasteiger partial charge in [-0.15, -0.1) is 17.4 Å². The van der Waals surface area contributed by atoms with Crippen molar-refractivity contribution in [2.75, 3.05) is 19.6 Å². The van der Waals surface area contributed by atoms with Gasteiger partial charge in [0.25, 0.3) is 0 Å². The van der Waals surface area contributed by atoms with E-state index in [1.165, 1.54) is 24.7 Å². The van der Waals surface area contributed by atoms with Gasteiger partial charge < -0.3 is 32.3 Å². The Balaban J connectivity index is 0. The minimum atomic E-state index is -1.12. The second-order valence-electron chi connectivity index (χ2n) is 7.90. The Labute approximate surface area is 229 Å². The number of carboxylic acids is 2. The lowest BCUT2D eigenvalue weighted by Crippen LogP contribution is -2.32. The average Bonchev–Trinajstić information content (AvgIpc) is 3.29. The van der Waals surface area contributed by atoms with Gasteiger partial charge in [0.05, 0.1) is 5.69 Å². The smallest absolute Gasteiger partial charge is 0.321 e. The molecule has 40 heavy (non-hydrogen) atoms. The van der Waals surface area contributed by atoms with E-state index in [0.29, 0.717) is 18.7 Å². The van der Waals surface area contributed by atoms with E-state index in [9.17, 15) is 28.8 Å². The zero-order valence-corrected chi connectivity index (χ0v) is 22.1. The largest absolute Gasteiger partial charge is 0.480 e. The Bertz CT molecular complexity index is 1090. The van der Waals surface area contributed by atoms with E-state index in [-0.39, 0.29) is 62.3 Å². The second-order valence-corrected chi connectivity index (χ2v) is 7.90. The number of carboxylic acid groups (broad SMARTS) is 2. The molecule has 0 saturated carbocycles. The van der Waals surface area contributed by atoms with Crippen LogP contribution in [0.1, 0.15) is 38.8 Å². The molecule has 0 aromatic carbocycles. The minimum Gasteiger partial charge on any atom is -0.480 e. The van der Waals surface area contributed by atoms with Gasteiger partial charge in [-0.05, 0) is 19.4 Å². The lowest BCUT2D eigenvalue weighted by Gasteiger charge is -2.03. The van der Waals surface area contributed by atoms with E-state index in [1.807, 2.05) is 0 Å². The molecule has 2 atom stereocenters. The maximum Gasteiger partial charge on any atom is 0.321 e. The predicted octanol–water partition coefficient (Wildman–Crippen LogP) is -1.86. The summed E-state index contributed by atoms with van der Waals surface area (Å²) in [5, 5.41) is 32.2. The molecular formula is C22H34N10O8. The number of nitrogens with two attached hydrogens (primary N) is 2. The number of carbonyl (C=O) groups excluding carboxylic acids is 4. The number of rotatable bonds is 15. The minimum absolute atomic E-state index is 0.00370. The topological polar surface area (TPSA) is 298 Å². The third kappa shape index (κ3) is 22.4. The van der Waals surface area contributed by atoms with Crippen LogP contribution in [0.15, 0.2) is 11.3 Å². The Kier molecular flexibility index (Phi) is 20.7. The van der Waals surface area contributed by atoms with E-state index in [4.69, 9.17) is 33.6 Å². The van der Waals surface area contributed by atoms with Crippen molar-refractivity contribution in [3.05, 3.63) is 22.3 Å². The molecule has 1 aromatic rings. The molecule has 0 aliphatic heterocycles. The van der Waals surface area contributed by atoms with Crippen molar-refractivity contribution in [3.63, 3.8) is 0 Å². The predicted molar refractivity (Wildman–Crippen MR) is 139 cm³/mol. The van der Waals surface area contributed by atoms with Crippen molar-refractivity contribution in [1.82, 2.24) is 25.6 Å².